The molecule has 3 saturated carbocycles. The second-order valence-corrected chi connectivity index (χ2v) is 7.09. The van der Waals surface area contributed by atoms with Crippen molar-refractivity contribution < 1.29 is 0 Å². The van der Waals surface area contributed by atoms with Crippen LogP contribution < -0.4 is 0 Å². The van der Waals surface area contributed by atoms with E-state index in [-0.39, 0.29) is 0 Å². The average molecular weight is 240 g/mol. The van der Waals surface area contributed by atoms with Gasteiger partial charge in [0.15, 0.2) is 0 Å². The molecule has 4 atom stereocenters. The van der Waals surface area contributed by atoms with Gasteiger partial charge in [0, 0.05) is 0 Å². The van der Waals surface area contributed by atoms with Crippen LogP contribution in [0.4, 0.5) is 0 Å². The van der Waals surface area contributed by atoms with E-state index in [9.17, 15) is 0 Å². The molecule has 3 fully saturated rings. The summed E-state index contributed by atoms with van der Waals surface area (Å²) in [5.41, 5.74) is 2.35. The van der Waals surface area contributed by atoms with Gasteiger partial charge in [0.05, 0.1) is 0 Å². The summed E-state index contributed by atoms with van der Waals surface area (Å²) in [5.74, 6) is 3.19. The fourth-order valence-electron chi connectivity index (χ4n) is 5.67. The maximum Gasteiger partial charge on any atom is -0.0235 e. The summed E-state index contributed by atoms with van der Waals surface area (Å²) in [4.78, 5) is 0. The molecule has 0 radical (unpaired) electrons. The lowest BCUT2D eigenvalue weighted by molar-refractivity contribution is 0.104. The van der Waals surface area contributed by atoms with Crippen LogP contribution in [0, 0.1) is 23.2 Å². The monoisotopic (exact) mass is 240 g/mol. The van der Waals surface area contributed by atoms with Gasteiger partial charge in [0.25, 0.3) is 0 Å². The Bertz CT molecular complexity index is 421. The molecule has 2 bridgehead atoms. The van der Waals surface area contributed by atoms with Crippen LogP contribution in [-0.4, -0.2) is 0 Å². The van der Waals surface area contributed by atoms with Gasteiger partial charge >= 0.3 is 0 Å². The first kappa shape index (κ1) is 11.1. The Labute approximate surface area is 111 Å². The van der Waals surface area contributed by atoms with E-state index in [4.69, 9.17) is 0 Å². The summed E-state index contributed by atoms with van der Waals surface area (Å²) in [6.45, 7) is 0. The van der Waals surface area contributed by atoms with Crippen LogP contribution in [0.3, 0.4) is 0 Å². The van der Waals surface area contributed by atoms with Crippen molar-refractivity contribution in [3.8, 4) is 0 Å². The Morgan fingerprint density at radius 2 is 1.94 bits per heavy atom. The molecule has 1 aromatic rings. The highest BCUT2D eigenvalue weighted by Crippen LogP contribution is 2.65. The number of benzene rings is 1. The third-order valence-corrected chi connectivity index (χ3v) is 6.36. The second kappa shape index (κ2) is 4.11. The molecule has 3 aliphatic carbocycles. The molecule has 0 saturated heterocycles. The zero-order valence-corrected chi connectivity index (χ0v) is 11.3. The van der Waals surface area contributed by atoms with E-state index in [1.54, 1.807) is 37.7 Å². The minimum Gasteiger partial charge on any atom is -0.0622 e. The summed E-state index contributed by atoms with van der Waals surface area (Å²) in [5, 5.41) is 0. The van der Waals surface area contributed by atoms with Crippen molar-refractivity contribution in [1.29, 1.82) is 0 Å². The molecule has 1 aromatic carbocycles. The van der Waals surface area contributed by atoms with Crippen LogP contribution in [0.2, 0.25) is 0 Å². The minimum atomic E-state index is 0.777. The standard InChI is InChI=1S/C18H24/c1-2-5-14(6-3-1)11-16-7-4-10-18(16)13-15-8-9-17(18)12-15/h1-3,5-6,15-17H,4,7-13H2. The smallest absolute Gasteiger partial charge is 0.0235 e. The Morgan fingerprint density at radius 3 is 2.67 bits per heavy atom. The first-order valence-electron chi connectivity index (χ1n) is 7.91. The predicted octanol–water partition coefficient (Wildman–Crippen LogP) is 4.84. The van der Waals surface area contributed by atoms with Gasteiger partial charge in [-0.1, -0.05) is 43.2 Å². The molecular formula is C18H24. The first-order valence-corrected chi connectivity index (χ1v) is 7.91. The summed E-state index contributed by atoms with van der Waals surface area (Å²) in [6.07, 6.45) is 12.1. The molecule has 96 valence electrons. The summed E-state index contributed by atoms with van der Waals surface area (Å²) < 4.78 is 0. The molecule has 0 heteroatoms. The van der Waals surface area contributed by atoms with Crippen LogP contribution in [0.1, 0.15) is 50.5 Å². The van der Waals surface area contributed by atoms with Gasteiger partial charge in [-0.05, 0) is 67.3 Å². The van der Waals surface area contributed by atoms with Crippen molar-refractivity contribution >= 4 is 0 Å². The number of fused-ring (bicyclic) bond motifs is 3. The lowest BCUT2D eigenvalue weighted by Crippen LogP contribution is -2.32. The van der Waals surface area contributed by atoms with E-state index in [0.717, 1.165) is 23.2 Å². The fourth-order valence-corrected chi connectivity index (χ4v) is 5.67. The van der Waals surface area contributed by atoms with Gasteiger partial charge in [-0.3, -0.25) is 0 Å². The van der Waals surface area contributed by atoms with Crippen molar-refractivity contribution in [1.82, 2.24) is 0 Å². The molecule has 18 heavy (non-hydrogen) atoms. The van der Waals surface area contributed by atoms with Crippen LogP contribution in [-0.2, 0) is 6.42 Å². The molecule has 0 heterocycles. The number of hydrogen-bond acceptors (Lipinski definition) is 0. The quantitative estimate of drug-likeness (QED) is 0.694. The van der Waals surface area contributed by atoms with Gasteiger partial charge in [-0.2, -0.15) is 0 Å². The van der Waals surface area contributed by atoms with Crippen LogP contribution in [0.25, 0.3) is 0 Å². The van der Waals surface area contributed by atoms with Crippen LogP contribution >= 0.6 is 0 Å². The zero-order chi connectivity index (χ0) is 12.0. The Balaban J connectivity index is 1.57. The Kier molecular flexibility index (Phi) is 2.53. The van der Waals surface area contributed by atoms with Gasteiger partial charge in [0.2, 0.25) is 0 Å². The molecular weight excluding hydrogens is 216 g/mol. The first-order chi connectivity index (χ1) is 8.87. The zero-order valence-electron chi connectivity index (χ0n) is 11.3. The third kappa shape index (κ3) is 1.57. The summed E-state index contributed by atoms with van der Waals surface area (Å²) in [6, 6.07) is 11.2. The highest BCUT2D eigenvalue weighted by atomic mass is 14.6. The van der Waals surface area contributed by atoms with Crippen molar-refractivity contribution in [3.63, 3.8) is 0 Å². The maximum absolute atomic E-state index is 2.33. The van der Waals surface area contributed by atoms with E-state index in [2.05, 4.69) is 30.3 Å². The molecule has 0 aromatic heterocycles. The second-order valence-electron chi connectivity index (χ2n) is 7.09. The number of rotatable bonds is 2. The highest BCUT2D eigenvalue weighted by Gasteiger charge is 2.55. The molecule has 3 aliphatic rings. The third-order valence-electron chi connectivity index (χ3n) is 6.36. The van der Waals surface area contributed by atoms with Crippen molar-refractivity contribution in [2.24, 2.45) is 23.2 Å². The maximum atomic E-state index is 2.33. The molecule has 4 unspecified atom stereocenters. The summed E-state index contributed by atoms with van der Waals surface area (Å²) in [7, 11) is 0. The van der Waals surface area contributed by atoms with Gasteiger partial charge in [-0.15, -0.1) is 0 Å². The van der Waals surface area contributed by atoms with Crippen molar-refractivity contribution in [2.75, 3.05) is 0 Å². The van der Waals surface area contributed by atoms with Gasteiger partial charge in [-0.25, -0.2) is 0 Å². The van der Waals surface area contributed by atoms with E-state index >= 15 is 0 Å². The predicted molar refractivity (Wildman–Crippen MR) is 75.4 cm³/mol. The van der Waals surface area contributed by atoms with Gasteiger partial charge in [0.1, 0.15) is 0 Å². The van der Waals surface area contributed by atoms with Gasteiger partial charge < -0.3 is 0 Å². The number of hydrogen-bond donors (Lipinski definition) is 0. The molecule has 0 amide bonds. The molecule has 0 N–H and O–H groups in total. The van der Waals surface area contributed by atoms with Crippen molar-refractivity contribution in [2.45, 2.75) is 51.4 Å². The largest absolute Gasteiger partial charge is 0.0622 e. The normalized spacial score (nSPS) is 41.9. The van der Waals surface area contributed by atoms with Crippen LogP contribution in [0.15, 0.2) is 30.3 Å². The Hall–Kier alpha value is -0.780. The molecule has 0 aliphatic heterocycles. The van der Waals surface area contributed by atoms with E-state index in [1.165, 1.54) is 19.3 Å². The molecule has 1 spiro atoms. The Morgan fingerprint density at radius 1 is 1.06 bits per heavy atom. The van der Waals surface area contributed by atoms with Crippen LogP contribution in [0.5, 0.6) is 0 Å². The average Bonchev–Trinajstić information content (AvgIpc) is 3.09. The fraction of sp³-hybridized carbons (Fsp3) is 0.667. The van der Waals surface area contributed by atoms with E-state index < -0.39 is 0 Å². The van der Waals surface area contributed by atoms with E-state index in [1.807, 2.05) is 0 Å². The summed E-state index contributed by atoms with van der Waals surface area (Å²) >= 11 is 0. The lowest BCUT2D eigenvalue weighted by Gasteiger charge is -2.40. The molecule has 4 rings (SSSR count). The van der Waals surface area contributed by atoms with Crippen molar-refractivity contribution in [3.05, 3.63) is 35.9 Å². The molecule has 0 nitrogen and oxygen atoms in total. The lowest BCUT2D eigenvalue weighted by atomic mass is 9.65. The minimum absolute atomic E-state index is 0.777. The highest BCUT2D eigenvalue weighted by molar-refractivity contribution is 5.17. The topological polar surface area (TPSA) is 0 Å². The van der Waals surface area contributed by atoms with E-state index in [0.29, 0.717) is 0 Å². The SMILES string of the molecule is c1ccc(CC2CCCC23CC2CCC3C2)cc1.